The molecule has 0 aromatic heterocycles. The molecule has 0 rings (SSSR count). The average molecular weight is 519 g/mol. The smallest absolute Gasteiger partial charge is 0.0637 e. The summed E-state index contributed by atoms with van der Waals surface area (Å²) in [6, 6.07) is 0. The zero-order valence-corrected chi connectivity index (χ0v) is 22.3. The lowest BCUT2D eigenvalue weighted by molar-refractivity contribution is -0.105. The molecule has 10 heteroatoms. The van der Waals surface area contributed by atoms with E-state index in [4.69, 9.17) is 34.3 Å². The van der Waals surface area contributed by atoms with Gasteiger partial charge in [0.15, 0.2) is 0 Å². The van der Waals surface area contributed by atoms with Gasteiger partial charge in [0.05, 0.1) is 51.7 Å². The molecule has 3 N–H and O–H groups in total. The normalized spacial score (nSPS) is 12.0. The first-order valence-corrected chi connectivity index (χ1v) is 15.1. The fourth-order valence-electron chi connectivity index (χ4n) is 2.72. The summed E-state index contributed by atoms with van der Waals surface area (Å²) in [6.45, 7) is 7.38. The predicted molar refractivity (Wildman–Crippen MR) is 138 cm³/mol. The Hall–Kier alpha value is 0.770. The average Bonchev–Trinajstić information content (AvgIpc) is 2.81. The predicted octanol–water partition coefficient (Wildman–Crippen LogP) is 2.41. The van der Waals surface area contributed by atoms with Gasteiger partial charge < -0.3 is 34.3 Å². The summed E-state index contributed by atoms with van der Waals surface area (Å²) < 4.78 is 23.8. The van der Waals surface area contributed by atoms with E-state index in [-0.39, 0.29) is 25.2 Å². The van der Waals surface area contributed by atoms with Gasteiger partial charge in [0.1, 0.15) is 0 Å². The van der Waals surface area contributed by atoms with Crippen LogP contribution < -0.4 is 0 Å². The van der Waals surface area contributed by atoms with Crippen LogP contribution in [0, 0.1) is 5.41 Å². The zero-order chi connectivity index (χ0) is 23.6. The Morgan fingerprint density at radius 3 is 1.19 bits per heavy atom. The van der Waals surface area contributed by atoms with Gasteiger partial charge in [0.2, 0.25) is 0 Å². The summed E-state index contributed by atoms with van der Waals surface area (Å²) in [5.74, 6) is 5.23. The van der Waals surface area contributed by atoms with E-state index in [1.807, 2.05) is 6.92 Å². The summed E-state index contributed by atoms with van der Waals surface area (Å²) in [6.07, 6.45) is 2.84. The van der Waals surface area contributed by atoms with Crippen molar-refractivity contribution in [3.8, 4) is 0 Å². The molecule has 0 aliphatic carbocycles. The summed E-state index contributed by atoms with van der Waals surface area (Å²) in [5.41, 5.74) is -0.343. The Morgan fingerprint density at radius 1 is 0.531 bits per heavy atom. The second-order valence-corrected chi connectivity index (χ2v) is 11.0. The molecular weight excluding hydrogens is 472 g/mol. The van der Waals surface area contributed by atoms with Crippen molar-refractivity contribution in [3.05, 3.63) is 0 Å². The first-order valence-electron chi connectivity index (χ1n) is 11.6. The third-order valence-corrected chi connectivity index (χ3v) is 7.42. The Labute approximate surface area is 208 Å². The molecule has 0 aromatic rings. The van der Waals surface area contributed by atoms with Gasteiger partial charge in [-0.1, -0.05) is 0 Å². The van der Waals surface area contributed by atoms with E-state index in [0.717, 1.165) is 53.8 Å². The molecule has 0 heterocycles. The number of hydrogen-bond acceptors (Lipinski definition) is 10. The van der Waals surface area contributed by atoms with Crippen molar-refractivity contribution in [1.82, 2.24) is 0 Å². The summed E-state index contributed by atoms with van der Waals surface area (Å²) in [4.78, 5) is 0. The highest BCUT2D eigenvalue weighted by molar-refractivity contribution is 7.99. The van der Waals surface area contributed by atoms with Crippen molar-refractivity contribution < 1.29 is 34.3 Å². The van der Waals surface area contributed by atoms with E-state index in [1.165, 1.54) is 0 Å². The number of thioether (sulfide) groups is 3. The molecule has 0 saturated heterocycles. The third kappa shape index (κ3) is 21.3. The van der Waals surface area contributed by atoms with Gasteiger partial charge in [0.25, 0.3) is 0 Å². The first kappa shape index (κ1) is 32.8. The van der Waals surface area contributed by atoms with E-state index < -0.39 is 0 Å². The maximum Gasteiger partial charge on any atom is 0.0637 e. The van der Waals surface area contributed by atoms with Crippen LogP contribution in [0.15, 0.2) is 0 Å². The van der Waals surface area contributed by atoms with Crippen molar-refractivity contribution >= 4 is 35.3 Å². The third-order valence-electron chi connectivity index (χ3n) is 4.28. The molecule has 194 valence electrons. The minimum absolute atomic E-state index is 0.217. The van der Waals surface area contributed by atoms with Gasteiger partial charge >= 0.3 is 0 Å². The van der Waals surface area contributed by atoms with Crippen LogP contribution in [0.4, 0.5) is 0 Å². The van der Waals surface area contributed by atoms with E-state index >= 15 is 0 Å². The minimum Gasteiger partial charge on any atom is -0.396 e. The summed E-state index contributed by atoms with van der Waals surface area (Å²) in [5, 5.41) is 26.6. The maximum atomic E-state index is 8.87. The molecule has 0 amide bonds. The number of rotatable bonds is 27. The lowest BCUT2D eigenvalue weighted by Crippen LogP contribution is -2.42. The molecule has 0 aliphatic heterocycles. The van der Waals surface area contributed by atoms with Crippen molar-refractivity contribution in [2.75, 3.05) is 107 Å². The molecular formula is C22H46O7S3. The van der Waals surface area contributed by atoms with E-state index in [9.17, 15) is 0 Å². The highest BCUT2D eigenvalue weighted by atomic mass is 32.2. The molecule has 0 saturated carbocycles. The topological polar surface area (TPSA) is 97.6 Å². The molecule has 32 heavy (non-hydrogen) atoms. The number of hydrogen-bond donors (Lipinski definition) is 3. The Morgan fingerprint density at radius 2 is 0.875 bits per heavy atom. The highest BCUT2D eigenvalue weighted by Gasteiger charge is 2.32. The van der Waals surface area contributed by atoms with Gasteiger partial charge in [-0.2, -0.15) is 35.3 Å². The molecule has 0 radical (unpaired) electrons. The van der Waals surface area contributed by atoms with E-state index in [1.54, 1.807) is 35.3 Å². The second kappa shape index (κ2) is 26.4. The lowest BCUT2D eigenvalue weighted by Gasteiger charge is -2.33. The monoisotopic (exact) mass is 518 g/mol. The van der Waals surface area contributed by atoms with Crippen LogP contribution in [0.5, 0.6) is 0 Å². The second-order valence-electron chi connectivity index (χ2n) is 7.36. The fraction of sp³-hybridized carbons (Fsp3) is 1.00. The molecule has 0 aromatic carbocycles. The van der Waals surface area contributed by atoms with Crippen molar-refractivity contribution in [1.29, 1.82) is 0 Å². The van der Waals surface area contributed by atoms with Crippen molar-refractivity contribution in [3.63, 3.8) is 0 Å². The molecule has 7 nitrogen and oxygen atoms in total. The number of ether oxygens (including phenoxy) is 4. The first-order chi connectivity index (χ1) is 15.7. The number of aliphatic hydroxyl groups is 3. The largest absolute Gasteiger partial charge is 0.396 e. The SMILES string of the molecule is CCOCC(COCCCSCCO)(COCCCSCCO)COCCCSCCO. The quantitative estimate of drug-likeness (QED) is 0.141. The van der Waals surface area contributed by atoms with Crippen LogP contribution in [0.3, 0.4) is 0 Å². The highest BCUT2D eigenvalue weighted by Crippen LogP contribution is 2.22. The fourth-order valence-corrected chi connectivity index (χ4v) is 4.69. The minimum atomic E-state index is -0.343. The lowest BCUT2D eigenvalue weighted by atomic mass is 9.92. The number of aliphatic hydroxyl groups excluding tert-OH is 3. The molecule has 0 atom stereocenters. The zero-order valence-electron chi connectivity index (χ0n) is 19.8. The van der Waals surface area contributed by atoms with Gasteiger partial charge in [-0.25, -0.2) is 0 Å². The van der Waals surface area contributed by atoms with Gasteiger partial charge in [-0.05, 0) is 43.4 Å². The van der Waals surface area contributed by atoms with Crippen LogP contribution >= 0.6 is 35.3 Å². The van der Waals surface area contributed by atoms with Gasteiger partial charge in [-0.3, -0.25) is 0 Å². The molecule has 0 unspecified atom stereocenters. The van der Waals surface area contributed by atoms with Crippen LogP contribution in [0.1, 0.15) is 26.2 Å². The van der Waals surface area contributed by atoms with E-state index in [0.29, 0.717) is 52.9 Å². The molecule has 0 bridgehead atoms. The van der Waals surface area contributed by atoms with Gasteiger partial charge in [-0.15, -0.1) is 0 Å². The summed E-state index contributed by atoms with van der Waals surface area (Å²) in [7, 11) is 0. The van der Waals surface area contributed by atoms with Crippen LogP contribution in [0.25, 0.3) is 0 Å². The Kier molecular flexibility index (Phi) is 27.0. The Balaban J connectivity index is 4.51. The summed E-state index contributed by atoms with van der Waals surface area (Å²) >= 11 is 5.21. The standard InChI is InChI=1S/C22H46O7S3/c1-2-26-18-22(19-27-9-3-12-30-15-6-23,20-28-10-4-13-31-16-7-24)21-29-11-5-14-32-17-8-25/h23-25H,2-21H2,1H3. The van der Waals surface area contributed by atoms with Crippen LogP contribution in [-0.4, -0.2) is 123 Å². The molecule has 0 spiro atoms. The van der Waals surface area contributed by atoms with Crippen LogP contribution in [0.2, 0.25) is 0 Å². The molecule has 0 fully saturated rings. The maximum absolute atomic E-state index is 8.87. The van der Waals surface area contributed by atoms with Crippen LogP contribution in [-0.2, 0) is 18.9 Å². The van der Waals surface area contributed by atoms with E-state index in [2.05, 4.69) is 0 Å². The van der Waals surface area contributed by atoms with Gasteiger partial charge in [0, 0.05) is 43.7 Å². The van der Waals surface area contributed by atoms with Crippen molar-refractivity contribution in [2.24, 2.45) is 5.41 Å². The Bertz CT molecular complexity index is 323. The molecule has 0 aliphatic rings. The van der Waals surface area contributed by atoms with Crippen molar-refractivity contribution in [2.45, 2.75) is 26.2 Å².